The first-order valence-corrected chi connectivity index (χ1v) is 34.8. The summed E-state index contributed by atoms with van der Waals surface area (Å²) in [6.45, 7) is 29.3. The minimum absolute atomic E-state index is 0.0205. The fourth-order valence-electron chi connectivity index (χ4n) is 8.59. The maximum Gasteiger partial charge on any atom is 0.573 e. The molecule has 0 saturated carbocycles. The molecule has 0 aliphatic rings. The lowest BCUT2D eigenvalue weighted by Crippen LogP contribution is -2.17. The minimum atomic E-state index is -4.88. The number of hydrogen-bond donors (Lipinski definition) is 0. The van der Waals surface area contributed by atoms with Crippen molar-refractivity contribution in [3.63, 3.8) is 0 Å². The lowest BCUT2D eigenvalue weighted by atomic mass is 9.97. The molecule has 0 aliphatic carbocycles. The first-order chi connectivity index (χ1) is 50.3. The monoisotopic (exact) mass is 1680 g/mol. The van der Waals surface area contributed by atoms with Gasteiger partial charge in [0.25, 0.3) is 0 Å². The Morgan fingerprint density at radius 3 is 0.937 bits per heavy atom. The molecule has 8 aromatic rings. The van der Waals surface area contributed by atoms with E-state index >= 15 is 0 Å². The van der Waals surface area contributed by atoms with Crippen molar-refractivity contribution >= 4 is 46.4 Å². The second-order valence-electron chi connectivity index (χ2n) is 26.9. The molecule has 0 N–H and O–H groups in total. The Morgan fingerprint density at radius 2 is 0.586 bits per heavy atom. The normalized spacial score (nSPS) is 12.1. The number of hydrogen-bond acceptors (Lipinski definition) is 4. The number of aromatic nitrogens is 2. The topological polar surface area (TPSA) is 58.8 Å². The molecule has 2 heterocycles. The number of pyridine rings is 2. The van der Waals surface area contributed by atoms with E-state index in [4.69, 9.17) is 51.7 Å². The molecule has 2 aromatic heterocycles. The molecule has 0 atom stereocenters. The van der Waals surface area contributed by atoms with Crippen molar-refractivity contribution in [1.82, 2.24) is 9.97 Å². The molecule has 0 radical (unpaired) electrons. The fraction of sp³-hybridized carbons (Fsp3) is 0.405. The van der Waals surface area contributed by atoms with Gasteiger partial charge in [-0.3, -0.25) is 4.98 Å². The second kappa shape index (κ2) is 43.0. The van der Waals surface area contributed by atoms with Crippen LogP contribution in [0.4, 0.5) is 105 Å². The third kappa shape index (κ3) is 38.7. The zero-order valence-corrected chi connectivity index (χ0v) is 65.4. The minimum Gasteiger partial charge on any atom is -0.406 e. The van der Waals surface area contributed by atoms with Crippen LogP contribution in [-0.2, 0) is 43.2 Å². The maximum absolute atomic E-state index is 12.4. The highest BCUT2D eigenvalue weighted by Gasteiger charge is 2.41. The van der Waals surface area contributed by atoms with Gasteiger partial charge in [0.05, 0.1) is 39.4 Å². The quantitative estimate of drug-likeness (QED) is 0.135. The van der Waals surface area contributed by atoms with Crippen molar-refractivity contribution < 1.29 is 110 Å². The van der Waals surface area contributed by atoms with E-state index in [2.05, 4.69) is 48.5 Å². The molecular formula is C79H81Cl4F24N3O. The van der Waals surface area contributed by atoms with Gasteiger partial charge in [-0.1, -0.05) is 188 Å². The van der Waals surface area contributed by atoms with Gasteiger partial charge in [0.2, 0.25) is 0 Å². The molecule has 0 saturated heterocycles. The number of halogens is 28. The molecule has 0 bridgehead atoms. The third-order valence-electron chi connectivity index (χ3n) is 14.9. The summed E-state index contributed by atoms with van der Waals surface area (Å²) in [5.41, 5.74) is -1.74. The van der Waals surface area contributed by atoms with E-state index in [0.29, 0.717) is 50.7 Å². The van der Waals surface area contributed by atoms with Crippen LogP contribution in [0, 0.1) is 11.3 Å². The molecule has 6 aromatic carbocycles. The van der Waals surface area contributed by atoms with Crippen molar-refractivity contribution in [3.8, 4) is 11.8 Å². The van der Waals surface area contributed by atoms with E-state index in [1.54, 1.807) is 24.3 Å². The zero-order valence-electron chi connectivity index (χ0n) is 62.4. The lowest BCUT2D eigenvalue weighted by molar-refractivity contribution is -0.274. The van der Waals surface area contributed by atoms with Crippen LogP contribution in [-0.4, -0.2) is 16.3 Å². The van der Waals surface area contributed by atoms with Crippen molar-refractivity contribution in [2.45, 2.75) is 208 Å². The Balaban J connectivity index is 0.000000637. The third-order valence-corrected chi connectivity index (χ3v) is 15.8. The first-order valence-electron chi connectivity index (χ1n) is 33.3. The highest BCUT2D eigenvalue weighted by molar-refractivity contribution is 6.34. The van der Waals surface area contributed by atoms with Crippen molar-refractivity contribution in [3.05, 3.63) is 261 Å². The average Bonchev–Trinajstić information content (AvgIpc) is 0.808. The van der Waals surface area contributed by atoms with Crippen LogP contribution >= 0.6 is 46.4 Å². The molecule has 32 heteroatoms. The number of ether oxygens (including phenoxy) is 1. The number of alkyl halides is 24. The second-order valence-corrected chi connectivity index (χ2v) is 28.6. The molecule has 111 heavy (non-hydrogen) atoms. The Hall–Kier alpha value is -7.61. The Kier molecular flexibility index (Phi) is 39.3. The molecule has 0 aliphatic heterocycles. The highest BCUT2D eigenvalue weighted by Crippen LogP contribution is 2.41. The summed E-state index contributed by atoms with van der Waals surface area (Å²) in [5.74, 6) is 0.179. The fourth-order valence-corrected chi connectivity index (χ4v) is 9.61. The predicted molar refractivity (Wildman–Crippen MR) is 386 cm³/mol. The molecule has 614 valence electrons. The Labute approximate surface area is 649 Å². The van der Waals surface area contributed by atoms with Crippen molar-refractivity contribution in [2.75, 3.05) is 0 Å². The molecular weight excluding hydrogens is 1600 g/mol. The highest BCUT2D eigenvalue weighted by atomic mass is 35.5. The van der Waals surface area contributed by atoms with Crippen LogP contribution in [0.15, 0.2) is 152 Å². The number of rotatable bonds is 9. The molecule has 8 rings (SSSR count). The molecule has 0 amide bonds. The van der Waals surface area contributed by atoms with E-state index in [0.717, 1.165) is 59.8 Å². The van der Waals surface area contributed by atoms with E-state index in [1.807, 2.05) is 91.8 Å². The summed E-state index contributed by atoms with van der Waals surface area (Å²) >= 11 is 22.9. The standard InChI is InChI=1S/C11H10F6.C10H10ClF3O.C10H10ClF3.C10H9F6N.C10H11F3.C10H11N.C9H10Cl2.C9H10F3N/c1-6(2)7-3-8(10(12,13)14)5-9(4-7)11(15,16)17;1-6(2)7-3-8(11)5-9(4-7)15-10(12,13)14;1-6(2)7-3-8(10(12,13)14)5-9(11)4-7;1-5(2)6-3-7(9(11,12)13)17-8(4-6)10(14,15)16;1-7(2)8-4-3-5-9(6-8)10(11,12)13;1-8(2)10-5-3-4-9(6-10)7-11;1-6(2)7-3-8(10)5-9(11)4-7;1-6(2)7-3-8(5-13-4-7)9(10,11)12/h3-6H,1-2H3;3-6H,1-2H3;3-6H,1-2H3;3-5H,1-2H3;3-7H,1-2H3;3-6,8H,1-2H3;3-6H,1-2H3;3-6H,1-2H3. The summed E-state index contributed by atoms with van der Waals surface area (Å²) in [7, 11) is 0. The van der Waals surface area contributed by atoms with Crippen LogP contribution in [0.25, 0.3) is 0 Å². The SMILES string of the molecule is CC(C)c1cc(C(F)(F)F)cc(C(F)(F)F)c1.CC(C)c1cc(C(F)(F)F)nc(C(F)(F)F)c1.CC(C)c1cc(Cl)cc(C(F)(F)F)c1.CC(C)c1cc(Cl)cc(Cl)c1.CC(C)c1cc(Cl)cc(OC(F)(F)F)c1.CC(C)c1cccc(C#N)c1.CC(C)c1cccc(C(F)(F)F)c1.CC(C)c1cncc(C(F)(F)F)c1. The predicted octanol–water partition coefficient (Wildman–Crippen LogP) is 31.8. The van der Waals surface area contributed by atoms with Gasteiger partial charge in [0, 0.05) is 32.5 Å². The van der Waals surface area contributed by atoms with Gasteiger partial charge in [-0.25, -0.2) is 4.98 Å². The number of nitriles is 1. The van der Waals surface area contributed by atoms with Gasteiger partial charge in [-0.2, -0.15) is 97.5 Å². The smallest absolute Gasteiger partial charge is 0.406 e. The van der Waals surface area contributed by atoms with E-state index < -0.39 is 101 Å². The molecule has 0 spiro atoms. The van der Waals surface area contributed by atoms with Crippen molar-refractivity contribution in [2.24, 2.45) is 0 Å². The summed E-state index contributed by atoms with van der Waals surface area (Å²) in [6, 6.07) is 32.7. The van der Waals surface area contributed by atoms with Gasteiger partial charge < -0.3 is 4.74 Å². The molecule has 0 unspecified atom stereocenters. The molecule has 0 fully saturated rings. The van der Waals surface area contributed by atoms with Crippen LogP contribution in [0.1, 0.15) is 247 Å². The van der Waals surface area contributed by atoms with Crippen LogP contribution in [0.5, 0.6) is 5.75 Å². The lowest BCUT2D eigenvalue weighted by Gasteiger charge is -2.15. The largest absolute Gasteiger partial charge is 0.573 e. The Morgan fingerprint density at radius 1 is 0.288 bits per heavy atom. The Bertz CT molecular complexity index is 3990. The van der Waals surface area contributed by atoms with Crippen LogP contribution < -0.4 is 4.74 Å². The van der Waals surface area contributed by atoms with Gasteiger partial charge in [-0.15, -0.1) is 13.2 Å². The van der Waals surface area contributed by atoms with E-state index in [9.17, 15) is 105 Å². The summed E-state index contributed by atoms with van der Waals surface area (Å²) in [6.07, 6.45) is -34.5. The summed E-state index contributed by atoms with van der Waals surface area (Å²) < 4.78 is 299. The van der Waals surface area contributed by atoms with Crippen LogP contribution in [0.2, 0.25) is 20.1 Å². The maximum atomic E-state index is 12.4. The first kappa shape index (κ1) is 101. The van der Waals surface area contributed by atoms with Crippen LogP contribution in [0.3, 0.4) is 0 Å². The van der Waals surface area contributed by atoms with Gasteiger partial charge in [0.1, 0.15) is 17.1 Å². The number of benzene rings is 6. The average molecular weight is 1690 g/mol. The van der Waals surface area contributed by atoms with E-state index in [-0.39, 0.29) is 56.7 Å². The van der Waals surface area contributed by atoms with Gasteiger partial charge in [0.15, 0.2) is 0 Å². The molecule has 4 nitrogen and oxygen atoms in total. The van der Waals surface area contributed by atoms with Gasteiger partial charge >= 0.3 is 49.6 Å². The van der Waals surface area contributed by atoms with Gasteiger partial charge in [-0.05, 0) is 201 Å². The van der Waals surface area contributed by atoms with Crippen molar-refractivity contribution in [1.29, 1.82) is 5.26 Å². The summed E-state index contributed by atoms with van der Waals surface area (Å²) in [4.78, 5) is 6.16. The van der Waals surface area contributed by atoms with E-state index in [1.165, 1.54) is 63.2 Å². The number of nitrogens with zero attached hydrogens (tertiary/aromatic N) is 3. The summed E-state index contributed by atoms with van der Waals surface area (Å²) in [5, 5.41) is 10.4. The zero-order chi connectivity index (χ0) is 86.2.